The Bertz CT molecular complexity index is 1250. The van der Waals surface area contributed by atoms with Crippen molar-refractivity contribution in [3.63, 3.8) is 0 Å². The molecule has 0 aliphatic carbocycles. The Balaban J connectivity index is 1.77. The summed E-state index contributed by atoms with van der Waals surface area (Å²) in [5, 5.41) is 0. The van der Waals surface area contributed by atoms with Crippen LogP contribution in [0.5, 0.6) is 0 Å². The van der Waals surface area contributed by atoms with Crippen LogP contribution in [0.15, 0.2) is 74.5 Å². The molecule has 1 heterocycles. The van der Waals surface area contributed by atoms with Gasteiger partial charge in [0, 0.05) is 21.1 Å². The van der Waals surface area contributed by atoms with Gasteiger partial charge in [-0.3, -0.25) is 0 Å². The number of rotatable bonds is 4. The van der Waals surface area contributed by atoms with E-state index in [4.69, 9.17) is 0 Å². The fourth-order valence-corrected chi connectivity index (χ4v) is 6.54. The van der Waals surface area contributed by atoms with E-state index in [-0.39, 0.29) is 35.2 Å². The zero-order chi connectivity index (χ0) is 23.0. The predicted molar refractivity (Wildman–Crippen MR) is 128 cm³/mol. The molecular weight excluding hydrogens is 564 g/mol. The standard InChI is InChI=1S/C24H21Br2F2NO2S/c1-15-2-6-19(7-3-15)32(30,31)29-11-10-16(20-8-4-17(25)13-22(20)27)12-24(29)21-9-5-18(26)14-23(21)28/h2-9,13-14,16,24H,10-12H2,1H3/t16?,24-/m1/s1. The van der Waals surface area contributed by atoms with Crippen molar-refractivity contribution >= 4 is 41.9 Å². The van der Waals surface area contributed by atoms with Crippen molar-refractivity contribution in [2.24, 2.45) is 0 Å². The van der Waals surface area contributed by atoms with Crippen LogP contribution in [-0.4, -0.2) is 19.3 Å². The molecule has 4 rings (SSSR count). The number of benzene rings is 3. The highest BCUT2D eigenvalue weighted by atomic mass is 79.9. The fraction of sp³-hybridized carbons (Fsp3) is 0.250. The minimum absolute atomic E-state index is 0.163. The van der Waals surface area contributed by atoms with Crippen molar-refractivity contribution in [3.05, 3.63) is 97.9 Å². The molecule has 1 aliphatic rings. The van der Waals surface area contributed by atoms with Gasteiger partial charge in [-0.1, -0.05) is 61.7 Å². The number of aryl methyl sites for hydroxylation is 1. The fourth-order valence-electron chi connectivity index (χ4n) is 4.25. The summed E-state index contributed by atoms with van der Waals surface area (Å²) in [6, 6.07) is 15.4. The van der Waals surface area contributed by atoms with Gasteiger partial charge in [0.2, 0.25) is 10.0 Å². The normalized spacial score (nSPS) is 19.8. The molecule has 32 heavy (non-hydrogen) atoms. The molecule has 168 valence electrons. The molecule has 8 heteroatoms. The van der Waals surface area contributed by atoms with Crippen LogP contribution < -0.4 is 0 Å². The monoisotopic (exact) mass is 583 g/mol. The predicted octanol–water partition coefficient (Wildman–Crippen LogP) is 7.11. The molecular formula is C24H21Br2F2NO2S. The molecule has 0 aromatic heterocycles. The molecule has 3 aromatic rings. The zero-order valence-electron chi connectivity index (χ0n) is 17.2. The number of hydrogen-bond donors (Lipinski definition) is 0. The zero-order valence-corrected chi connectivity index (χ0v) is 21.2. The van der Waals surface area contributed by atoms with Crippen LogP contribution in [0.1, 0.15) is 41.5 Å². The van der Waals surface area contributed by atoms with Gasteiger partial charge in [-0.15, -0.1) is 0 Å². The maximum atomic E-state index is 15.0. The maximum Gasteiger partial charge on any atom is 0.243 e. The summed E-state index contributed by atoms with van der Waals surface area (Å²) in [6.07, 6.45) is 0.723. The average molecular weight is 585 g/mol. The van der Waals surface area contributed by atoms with E-state index < -0.39 is 21.9 Å². The van der Waals surface area contributed by atoms with Crippen molar-refractivity contribution in [3.8, 4) is 0 Å². The number of sulfonamides is 1. The molecule has 1 saturated heterocycles. The summed E-state index contributed by atoms with van der Waals surface area (Å²) < 4.78 is 59.3. The van der Waals surface area contributed by atoms with Crippen LogP contribution in [0.25, 0.3) is 0 Å². The van der Waals surface area contributed by atoms with Crippen molar-refractivity contribution < 1.29 is 17.2 Å². The van der Waals surface area contributed by atoms with E-state index in [1.165, 1.54) is 16.4 Å². The Morgan fingerprint density at radius 2 is 1.44 bits per heavy atom. The second kappa shape index (κ2) is 9.33. The number of hydrogen-bond acceptors (Lipinski definition) is 2. The van der Waals surface area contributed by atoms with Gasteiger partial charge in [0.25, 0.3) is 0 Å². The topological polar surface area (TPSA) is 37.4 Å². The van der Waals surface area contributed by atoms with Crippen LogP contribution >= 0.6 is 31.9 Å². The lowest BCUT2D eigenvalue weighted by Gasteiger charge is -2.39. The molecule has 1 fully saturated rings. The molecule has 0 radical (unpaired) electrons. The van der Waals surface area contributed by atoms with Gasteiger partial charge in [-0.05, 0) is 67.6 Å². The van der Waals surface area contributed by atoms with Gasteiger partial charge in [-0.2, -0.15) is 4.31 Å². The molecule has 0 N–H and O–H groups in total. The van der Waals surface area contributed by atoms with E-state index in [2.05, 4.69) is 31.9 Å². The lowest BCUT2D eigenvalue weighted by Crippen LogP contribution is -2.41. The van der Waals surface area contributed by atoms with Crippen molar-refractivity contribution in [2.45, 2.75) is 36.6 Å². The summed E-state index contributed by atoms with van der Waals surface area (Å²) in [4.78, 5) is 0.166. The minimum Gasteiger partial charge on any atom is -0.207 e. The van der Waals surface area contributed by atoms with Crippen molar-refractivity contribution in [2.75, 3.05) is 6.54 Å². The Labute approximate surface area is 203 Å². The van der Waals surface area contributed by atoms with Crippen LogP contribution in [0.3, 0.4) is 0 Å². The molecule has 0 amide bonds. The third-order valence-electron chi connectivity index (χ3n) is 5.90. The summed E-state index contributed by atoms with van der Waals surface area (Å²) in [7, 11) is -3.87. The first-order valence-corrected chi connectivity index (χ1v) is 13.2. The van der Waals surface area contributed by atoms with Gasteiger partial charge < -0.3 is 0 Å². The average Bonchev–Trinajstić information content (AvgIpc) is 2.74. The molecule has 3 aromatic carbocycles. The molecule has 0 bridgehead atoms. The number of nitrogens with zero attached hydrogens (tertiary/aromatic N) is 1. The Morgan fingerprint density at radius 1 is 0.875 bits per heavy atom. The van der Waals surface area contributed by atoms with E-state index in [0.29, 0.717) is 20.9 Å². The molecule has 1 aliphatic heterocycles. The highest BCUT2D eigenvalue weighted by Crippen LogP contribution is 2.43. The van der Waals surface area contributed by atoms with Crippen LogP contribution in [0.2, 0.25) is 0 Å². The second-order valence-corrected chi connectivity index (χ2v) is 11.7. The maximum absolute atomic E-state index is 15.0. The summed E-state index contributed by atoms with van der Waals surface area (Å²) >= 11 is 6.53. The molecule has 2 atom stereocenters. The van der Waals surface area contributed by atoms with Crippen molar-refractivity contribution in [1.82, 2.24) is 4.31 Å². The van der Waals surface area contributed by atoms with E-state index >= 15 is 0 Å². The summed E-state index contributed by atoms with van der Waals surface area (Å²) in [6.45, 7) is 2.05. The van der Waals surface area contributed by atoms with E-state index in [1.807, 2.05) is 6.92 Å². The van der Waals surface area contributed by atoms with E-state index in [0.717, 1.165) is 5.56 Å². The first-order chi connectivity index (χ1) is 15.2. The molecule has 1 unspecified atom stereocenters. The summed E-state index contributed by atoms with van der Waals surface area (Å²) in [5.74, 6) is -1.08. The van der Waals surface area contributed by atoms with Gasteiger partial charge in [0.1, 0.15) is 11.6 Å². The second-order valence-electron chi connectivity index (χ2n) is 8.00. The van der Waals surface area contributed by atoms with Crippen LogP contribution in [-0.2, 0) is 10.0 Å². The van der Waals surface area contributed by atoms with Crippen LogP contribution in [0.4, 0.5) is 8.78 Å². The van der Waals surface area contributed by atoms with Gasteiger partial charge in [0.15, 0.2) is 0 Å². The highest BCUT2D eigenvalue weighted by molar-refractivity contribution is 9.10. The van der Waals surface area contributed by atoms with Crippen molar-refractivity contribution in [1.29, 1.82) is 0 Å². The Hall–Kier alpha value is -1.61. The first kappa shape index (κ1) is 23.5. The third-order valence-corrected chi connectivity index (χ3v) is 8.81. The lowest BCUT2D eigenvalue weighted by molar-refractivity contribution is 0.227. The summed E-state index contributed by atoms with van der Waals surface area (Å²) in [5.41, 5.74) is 1.75. The third kappa shape index (κ3) is 4.69. The molecule has 3 nitrogen and oxygen atoms in total. The highest BCUT2D eigenvalue weighted by Gasteiger charge is 2.39. The van der Waals surface area contributed by atoms with Crippen LogP contribution in [0, 0.1) is 18.6 Å². The number of halogens is 4. The van der Waals surface area contributed by atoms with E-state index in [1.54, 1.807) is 48.5 Å². The quantitative estimate of drug-likeness (QED) is 0.328. The number of piperidine rings is 1. The van der Waals surface area contributed by atoms with E-state index in [9.17, 15) is 17.2 Å². The minimum atomic E-state index is -3.87. The largest absolute Gasteiger partial charge is 0.243 e. The molecule has 0 saturated carbocycles. The van der Waals surface area contributed by atoms with Gasteiger partial charge in [0.05, 0.1) is 10.9 Å². The van der Waals surface area contributed by atoms with Gasteiger partial charge in [-0.25, -0.2) is 17.2 Å². The smallest absolute Gasteiger partial charge is 0.207 e. The first-order valence-electron chi connectivity index (χ1n) is 10.1. The lowest BCUT2D eigenvalue weighted by atomic mass is 9.83. The SMILES string of the molecule is Cc1ccc(S(=O)(=O)N2CCC(c3ccc(Br)cc3F)C[C@@H]2c2ccc(Br)cc2F)cc1. The van der Waals surface area contributed by atoms with Gasteiger partial charge >= 0.3 is 0 Å². The molecule has 0 spiro atoms. The Kier molecular flexibility index (Phi) is 6.86. The Morgan fingerprint density at radius 3 is 2.00 bits per heavy atom.